The van der Waals surface area contributed by atoms with Crippen molar-refractivity contribution >= 4 is 45.5 Å². The predicted octanol–water partition coefficient (Wildman–Crippen LogP) is 3.97. The van der Waals surface area contributed by atoms with Crippen LogP contribution in [-0.4, -0.2) is 47.3 Å². The van der Waals surface area contributed by atoms with E-state index in [1.165, 1.54) is 23.9 Å². The van der Waals surface area contributed by atoms with E-state index in [1.54, 1.807) is 30.3 Å². The summed E-state index contributed by atoms with van der Waals surface area (Å²) in [5, 5.41) is 22.4. The second-order valence-corrected chi connectivity index (χ2v) is 8.97. The maximum Gasteiger partial charge on any atom is 0.293 e. The molecule has 1 fully saturated rings. The molecule has 1 amide bonds. The minimum atomic E-state index is -0.525. The molecule has 0 bridgehead atoms. The number of halogens is 1. The van der Waals surface area contributed by atoms with Crippen LogP contribution in [0.5, 0.6) is 0 Å². The van der Waals surface area contributed by atoms with Gasteiger partial charge in [0.15, 0.2) is 4.34 Å². The summed E-state index contributed by atoms with van der Waals surface area (Å²) in [5.74, 6) is -0.437. The Bertz CT molecular complexity index is 1140. The molecule has 12 heteroatoms. The number of nitrogens with zero attached hydrogens (tertiary/aromatic N) is 4. The largest absolute Gasteiger partial charge is 0.378 e. The number of aromatic nitrogens is 2. The van der Waals surface area contributed by atoms with E-state index in [0.29, 0.717) is 47.6 Å². The Morgan fingerprint density at radius 1 is 1.25 bits per heavy atom. The molecule has 1 saturated heterocycles. The van der Waals surface area contributed by atoms with Gasteiger partial charge in [0.05, 0.1) is 18.1 Å². The van der Waals surface area contributed by atoms with Crippen molar-refractivity contribution in [3.63, 3.8) is 0 Å². The highest BCUT2D eigenvalue weighted by Gasteiger charge is 2.23. The minimum Gasteiger partial charge on any atom is -0.378 e. The third kappa shape index (κ3) is 5.21. The number of thioether (sulfide) groups is 1. The van der Waals surface area contributed by atoms with E-state index in [2.05, 4.69) is 15.5 Å². The number of benzene rings is 2. The molecule has 1 aromatic heterocycles. The summed E-state index contributed by atoms with van der Waals surface area (Å²) < 4.78 is 19.6. The Hall–Kier alpha value is -3.09. The van der Waals surface area contributed by atoms with Crippen LogP contribution >= 0.6 is 23.1 Å². The molecule has 166 valence electrons. The second-order valence-electron chi connectivity index (χ2n) is 6.77. The molecule has 2 aromatic carbocycles. The first-order valence-electron chi connectivity index (χ1n) is 9.63. The molecule has 9 nitrogen and oxygen atoms in total. The number of morpholine rings is 1. The monoisotopic (exact) mass is 475 g/mol. The lowest BCUT2D eigenvalue weighted by atomic mass is 10.1. The molecule has 1 aliphatic rings. The lowest BCUT2D eigenvalue weighted by molar-refractivity contribution is -0.384. The van der Waals surface area contributed by atoms with Crippen LogP contribution in [0.2, 0.25) is 0 Å². The maximum absolute atomic E-state index is 13.7. The van der Waals surface area contributed by atoms with Crippen LogP contribution < -0.4 is 10.2 Å². The molecule has 0 unspecified atom stereocenters. The van der Waals surface area contributed by atoms with Gasteiger partial charge in [-0.05, 0) is 23.8 Å². The molecular weight excluding hydrogens is 457 g/mol. The van der Waals surface area contributed by atoms with Crippen LogP contribution in [0.15, 0.2) is 46.8 Å². The molecule has 2 heterocycles. The summed E-state index contributed by atoms with van der Waals surface area (Å²) in [5.41, 5.74) is 1.01. The molecule has 0 saturated carbocycles. The van der Waals surface area contributed by atoms with Crippen LogP contribution in [0.3, 0.4) is 0 Å². The normalized spacial score (nSPS) is 13.7. The average Bonchev–Trinajstić information content (AvgIpc) is 3.26. The Morgan fingerprint density at radius 3 is 2.78 bits per heavy atom. The van der Waals surface area contributed by atoms with Gasteiger partial charge in [0.1, 0.15) is 11.5 Å². The number of rotatable bonds is 7. The van der Waals surface area contributed by atoms with E-state index >= 15 is 0 Å². The van der Waals surface area contributed by atoms with Gasteiger partial charge in [-0.2, -0.15) is 0 Å². The quantitative estimate of drug-likeness (QED) is 0.237. The highest BCUT2D eigenvalue weighted by Crippen LogP contribution is 2.31. The summed E-state index contributed by atoms with van der Waals surface area (Å²) >= 11 is 2.45. The zero-order valence-corrected chi connectivity index (χ0v) is 18.3. The third-order valence-electron chi connectivity index (χ3n) is 4.72. The first-order chi connectivity index (χ1) is 15.5. The number of carbonyl (C=O) groups is 1. The van der Waals surface area contributed by atoms with E-state index in [1.807, 2.05) is 4.90 Å². The number of amides is 1. The van der Waals surface area contributed by atoms with Crippen LogP contribution in [-0.2, 0) is 10.5 Å². The SMILES string of the molecule is O=C(Nc1nnc(SCc2ccccc2F)s1)c1ccc(N2CCOCC2)c([N+](=O)[O-])c1. The van der Waals surface area contributed by atoms with E-state index < -0.39 is 10.8 Å². The predicted molar refractivity (Wildman–Crippen MR) is 120 cm³/mol. The average molecular weight is 476 g/mol. The standard InChI is InChI=1S/C20H18FN5O4S2/c21-15-4-2-1-3-14(15)12-31-20-24-23-19(32-20)22-18(27)13-5-6-16(17(11-13)26(28)29)25-7-9-30-10-8-25/h1-6,11H,7-10,12H2,(H,22,23,27). The number of hydrogen-bond donors (Lipinski definition) is 1. The summed E-state index contributed by atoms with van der Waals surface area (Å²) in [7, 11) is 0. The van der Waals surface area contributed by atoms with E-state index in [-0.39, 0.29) is 22.2 Å². The summed E-state index contributed by atoms with van der Waals surface area (Å²) in [6.45, 7) is 2.08. The number of ether oxygens (including phenoxy) is 1. The molecule has 1 aliphatic heterocycles. The highest BCUT2D eigenvalue weighted by atomic mass is 32.2. The van der Waals surface area contributed by atoms with Crippen molar-refractivity contribution in [3.8, 4) is 0 Å². The summed E-state index contributed by atoms with van der Waals surface area (Å²) in [4.78, 5) is 25.6. The number of nitrogens with one attached hydrogen (secondary N) is 1. The van der Waals surface area contributed by atoms with Gasteiger partial charge in [-0.15, -0.1) is 10.2 Å². The van der Waals surface area contributed by atoms with Crippen molar-refractivity contribution in [1.29, 1.82) is 0 Å². The molecule has 0 aliphatic carbocycles. The fourth-order valence-corrected chi connectivity index (χ4v) is 4.86. The maximum atomic E-state index is 13.7. The van der Waals surface area contributed by atoms with Gasteiger partial charge < -0.3 is 9.64 Å². The van der Waals surface area contributed by atoms with Crippen LogP contribution in [0.1, 0.15) is 15.9 Å². The van der Waals surface area contributed by atoms with Gasteiger partial charge in [-0.3, -0.25) is 20.2 Å². The fourth-order valence-electron chi connectivity index (χ4n) is 3.13. The molecule has 4 rings (SSSR count). The molecule has 32 heavy (non-hydrogen) atoms. The van der Waals surface area contributed by atoms with Crippen molar-refractivity contribution in [2.75, 3.05) is 36.5 Å². The van der Waals surface area contributed by atoms with Crippen molar-refractivity contribution in [2.45, 2.75) is 10.1 Å². The first kappa shape index (κ1) is 22.1. The highest BCUT2D eigenvalue weighted by molar-refractivity contribution is 8.00. The number of nitro benzene ring substituents is 1. The van der Waals surface area contributed by atoms with Crippen LogP contribution in [0, 0.1) is 15.9 Å². The van der Waals surface area contributed by atoms with Crippen LogP contribution in [0.4, 0.5) is 20.9 Å². The third-order valence-corrected chi connectivity index (χ3v) is 6.74. The molecule has 0 radical (unpaired) electrons. The molecule has 3 aromatic rings. The van der Waals surface area contributed by atoms with Crippen molar-refractivity contribution in [1.82, 2.24) is 10.2 Å². The lowest BCUT2D eigenvalue weighted by Gasteiger charge is -2.28. The number of carbonyl (C=O) groups excluding carboxylic acids is 1. The van der Waals surface area contributed by atoms with E-state index in [4.69, 9.17) is 4.74 Å². The van der Waals surface area contributed by atoms with Crippen LogP contribution in [0.25, 0.3) is 0 Å². The lowest BCUT2D eigenvalue weighted by Crippen LogP contribution is -2.36. The zero-order chi connectivity index (χ0) is 22.5. The van der Waals surface area contributed by atoms with Crippen molar-refractivity contribution in [2.24, 2.45) is 0 Å². The van der Waals surface area contributed by atoms with Gasteiger partial charge in [-0.1, -0.05) is 41.3 Å². The van der Waals surface area contributed by atoms with Gasteiger partial charge in [-0.25, -0.2) is 4.39 Å². The van der Waals surface area contributed by atoms with E-state index in [9.17, 15) is 19.3 Å². The number of nitro groups is 1. The first-order valence-corrected chi connectivity index (χ1v) is 11.4. The van der Waals surface area contributed by atoms with Gasteiger partial charge in [0.2, 0.25) is 5.13 Å². The Balaban J connectivity index is 1.43. The number of anilines is 2. The summed E-state index contributed by atoms with van der Waals surface area (Å²) in [6.07, 6.45) is 0. The van der Waals surface area contributed by atoms with Gasteiger partial charge >= 0.3 is 0 Å². The molecular formula is C20H18FN5O4S2. The zero-order valence-electron chi connectivity index (χ0n) is 16.7. The smallest absolute Gasteiger partial charge is 0.293 e. The fraction of sp³-hybridized carbons (Fsp3) is 0.250. The molecule has 0 spiro atoms. The number of hydrogen-bond acceptors (Lipinski definition) is 9. The van der Waals surface area contributed by atoms with E-state index in [0.717, 1.165) is 11.3 Å². The topological polar surface area (TPSA) is 110 Å². The molecule has 0 atom stereocenters. The second kappa shape index (κ2) is 10.0. The van der Waals surface area contributed by atoms with Gasteiger partial charge in [0.25, 0.3) is 11.6 Å². The van der Waals surface area contributed by atoms with Gasteiger partial charge in [0, 0.05) is 30.5 Å². The minimum absolute atomic E-state index is 0.141. The van der Waals surface area contributed by atoms with Crippen molar-refractivity contribution in [3.05, 3.63) is 69.5 Å². The Labute approximate surface area is 190 Å². The Morgan fingerprint density at radius 2 is 2.03 bits per heavy atom. The summed E-state index contributed by atoms with van der Waals surface area (Å²) in [6, 6.07) is 10.9. The molecule has 1 N–H and O–H groups in total. The Kier molecular flexibility index (Phi) is 6.93. The van der Waals surface area contributed by atoms with Crippen molar-refractivity contribution < 1.29 is 18.8 Å².